The highest BCUT2D eigenvalue weighted by Gasteiger charge is 2.35. The Hall–Kier alpha value is -1.28. The summed E-state index contributed by atoms with van der Waals surface area (Å²) in [4.78, 5) is 2.95. The minimum absolute atomic E-state index is 0.372. The Kier molecular flexibility index (Phi) is 9.77. The summed E-state index contributed by atoms with van der Waals surface area (Å²) >= 11 is 0. The molecule has 4 rings (SSSR count). The molecule has 2 heteroatoms. The average molecular weight is 452 g/mol. The zero-order valence-corrected chi connectivity index (χ0v) is 21.1. The van der Waals surface area contributed by atoms with Crippen LogP contribution in [-0.4, -0.2) is 29.1 Å². The van der Waals surface area contributed by atoms with Crippen LogP contribution in [0.3, 0.4) is 0 Å². The molecule has 0 spiro atoms. The van der Waals surface area contributed by atoms with Crippen molar-refractivity contribution in [3.8, 4) is 0 Å². The number of benzene rings is 1. The van der Waals surface area contributed by atoms with Crippen LogP contribution in [0.5, 0.6) is 0 Å². The summed E-state index contributed by atoms with van der Waals surface area (Å²) in [6, 6.07) is 12.0. The minimum Gasteiger partial charge on any atom is -0.513 e. The van der Waals surface area contributed by atoms with Gasteiger partial charge in [0.25, 0.3) is 0 Å². The predicted molar refractivity (Wildman–Crippen MR) is 141 cm³/mol. The molecule has 0 aromatic heterocycles. The second kappa shape index (κ2) is 13.0. The van der Waals surface area contributed by atoms with E-state index in [1.807, 2.05) is 0 Å². The molecule has 0 saturated heterocycles. The van der Waals surface area contributed by atoms with Crippen LogP contribution < -0.4 is 0 Å². The van der Waals surface area contributed by atoms with E-state index in [1.165, 1.54) is 115 Å². The summed E-state index contributed by atoms with van der Waals surface area (Å²) in [5.41, 5.74) is 1.51. The standard InChI is InChI=1S/C31H49NO/c1-25(33)23-28-17-18-31(30(24-28)29-15-9-4-10-16-29)32(21-19-26-11-5-2-6-12-26)22-20-27-13-7-3-8-14-27/h4,9-10,15-16,26-28,30-31,33H,1-3,5-8,11-14,17-24H2/t28-,30-,31+/m0/s1. The van der Waals surface area contributed by atoms with E-state index in [0.29, 0.717) is 23.6 Å². The molecular formula is C31H49NO. The largest absolute Gasteiger partial charge is 0.513 e. The summed E-state index contributed by atoms with van der Waals surface area (Å²) in [6.07, 6.45) is 21.9. The van der Waals surface area contributed by atoms with Gasteiger partial charge in [-0.1, -0.05) is 101 Å². The molecule has 0 bridgehead atoms. The van der Waals surface area contributed by atoms with Crippen molar-refractivity contribution in [2.24, 2.45) is 17.8 Å². The van der Waals surface area contributed by atoms with Gasteiger partial charge in [0.05, 0.1) is 5.76 Å². The molecule has 184 valence electrons. The molecule has 1 aromatic carbocycles. The SMILES string of the molecule is C=C(O)C[C@@H]1CC[C@@H](N(CCC2CCCCC2)CCC2CCCCC2)[C@H](c2ccccc2)C1. The first-order valence-electron chi connectivity index (χ1n) is 14.3. The third kappa shape index (κ3) is 7.61. The molecular weight excluding hydrogens is 402 g/mol. The normalized spacial score (nSPS) is 27.6. The van der Waals surface area contributed by atoms with Crippen molar-refractivity contribution in [2.45, 2.75) is 115 Å². The molecule has 3 saturated carbocycles. The molecule has 1 aromatic rings. The third-order valence-corrected chi connectivity index (χ3v) is 9.24. The minimum atomic E-state index is 0.372. The molecule has 0 aliphatic heterocycles. The maximum absolute atomic E-state index is 9.89. The first kappa shape index (κ1) is 24.8. The van der Waals surface area contributed by atoms with E-state index < -0.39 is 0 Å². The second-order valence-electron chi connectivity index (χ2n) is 11.7. The van der Waals surface area contributed by atoms with Gasteiger partial charge in [0.1, 0.15) is 0 Å². The quantitative estimate of drug-likeness (QED) is 0.360. The van der Waals surface area contributed by atoms with Gasteiger partial charge in [0, 0.05) is 12.5 Å². The van der Waals surface area contributed by atoms with Crippen LogP contribution in [0.25, 0.3) is 0 Å². The first-order chi connectivity index (χ1) is 16.2. The van der Waals surface area contributed by atoms with E-state index >= 15 is 0 Å². The molecule has 0 heterocycles. The van der Waals surface area contributed by atoms with E-state index in [0.717, 1.165) is 18.3 Å². The van der Waals surface area contributed by atoms with Crippen LogP contribution in [0.1, 0.15) is 114 Å². The average Bonchev–Trinajstić information content (AvgIpc) is 2.86. The Balaban J connectivity index is 1.47. The van der Waals surface area contributed by atoms with Gasteiger partial charge in [-0.25, -0.2) is 0 Å². The summed E-state index contributed by atoms with van der Waals surface area (Å²) in [6.45, 7) is 6.40. The highest BCUT2D eigenvalue weighted by molar-refractivity contribution is 5.22. The fourth-order valence-corrected chi connectivity index (χ4v) is 7.35. The number of aliphatic hydroxyl groups excluding tert-OH is 1. The fraction of sp³-hybridized carbons (Fsp3) is 0.742. The number of aliphatic hydroxyl groups is 1. The molecule has 3 fully saturated rings. The molecule has 3 aliphatic rings. The van der Waals surface area contributed by atoms with Crippen molar-refractivity contribution in [1.82, 2.24) is 4.90 Å². The second-order valence-corrected chi connectivity index (χ2v) is 11.7. The van der Waals surface area contributed by atoms with Crippen LogP contribution in [0.2, 0.25) is 0 Å². The van der Waals surface area contributed by atoms with E-state index in [1.54, 1.807) is 0 Å². The summed E-state index contributed by atoms with van der Waals surface area (Å²) in [5, 5.41) is 9.89. The zero-order chi connectivity index (χ0) is 22.9. The summed E-state index contributed by atoms with van der Waals surface area (Å²) in [5.74, 6) is 3.45. The topological polar surface area (TPSA) is 23.5 Å². The lowest BCUT2D eigenvalue weighted by Gasteiger charge is -2.44. The highest BCUT2D eigenvalue weighted by Crippen LogP contribution is 2.42. The Morgan fingerprint density at radius 3 is 1.88 bits per heavy atom. The lowest BCUT2D eigenvalue weighted by atomic mass is 9.72. The van der Waals surface area contributed by atoms with Crippen molar-refractivity contribution < 1.29 is 5.11 Å². The van der Waals surface area contributed by atoms with Gasteiger partial charge in [-0.3, -0.25) is 4.90 Å². The molecule has 33 heavy (non-hydrogen) atoms. The first-order valence-corrected chi connectivity index (χ1v) is 14.3. The zero-order valence-electron chi connectivity index (χ0n) is 21.1. The monoisotopic (exact) mass is 451 g/mol. The van der Waals surface area contributed by atoms with Crippen molar-refractivity contribution >= 4 is 0 Å². The third-order valence-electron chi connectivity index (χ3n) is 9.24. The van der Waals surface area contributed by atoms with Crippen molar-refractivity contribution in [1.29, 1.82) is 0 Å². The Bertz CT molecular complexity index is 666. The van der Waals surface area contributed by atoms with Crippen molar-refractivity contribution in [2.75, 3.05) is 13.1 Å². The molecule has 1 N–H and O–H groups in total. The molecule has 0 radical (unpaired) electrons. The lowest BCUT2D eigenvalue weighted by molar-refractivity contribution is 0.0936. The maximum Gasteiger partial charge on any atom is 0.0853 e. The number of nitrogens with zero attached hydrogens (tertiary/aromatic N) is 1. The van der Waals surface area contributed by atoms with E-state index in [4.69, 9.17) is 0 Å². The van der Waals surface area contributed by atoms with E-state index in [9.17, 15) is 5.11 Å². The van der Waals surface area contributed by atoms with E-state index in [2.05, 4.69) is 41.8 Å². The van der Waals surface area contributed by atoms with Crippen LogP contribution in [0.4, 0.5) is 0 Å². The molecule has 0 amide bonds. The molecule has 3 atom stereocenters. The fourth-order valence-electron chi connectivity index (χ4n) is 7.35. The Morgan fingerprint density at radius 1 is 0.758 bits per heavy atom. The molecule has 2 nitrogen and oxygen atoms in total. The van der Waals surface area contributed by atoms with Gasteiger partial charge in [-0.2, -0.15) is 0 Å². The molecule has 0 unspecified atom stereocenters. The number of rotatable bonds is 10. The van der Waals surface area contributed by atoms with E-state index in [-0.39, 0.29) is 0 Å². The Labute approximate surface area is 203 Å². The van der Waals surface area contributed by atoms with Gasteiger partial charge < -0.3 is 5.11 Å². The van der Waals surface area contributed by atoms with Crippen LogP contribution >= 0.6 is 0 Å². The summed E-state index contributed by atoms with van der Waals surface area (Å²) in [7, 11) is 0. The van der Waals surface area contributed by atoms with Crippen LogP contribution in [0.15, 0.2) is 42.7 Å². The number of hydrogen-bond acceptors (Lipinski definition) is 2. The van der Waals surface area contributed by atoms with Crippen LogP contribution in [-0.2, 0) is 0 Å². The molecule has 3 aliphatic carbocycles. The summed E-state index contributed by atoms with van der Waals surface area (Å²) < 4.78 is 0. The lowest BCUT2D eigenvalue weighted by Crippen LogP contribution is -2.45. The maximum atomic E-state index is 9.89. The number of hydrogen-bond donors (Lipinski definition) is 1. The van der Waals surface area contributed by atoms with Gasteiger partial charge in [-0.05, 0) is 74.4 Å². The Morgan fingerprint density at radius 2 is 1.33 bits per heavy atom. The highest BCUT2D eigenvalue weighted by atomic mass is 16.3. The van der Waals surface area contributed by atoms with Crippen LogP contribution in [0, 0.1) is 17.8 Å². The predicted octanol–water partition coefficient (Wildman–Crippen LogP) is 8.64. The van der Waals surface area contributed by atoms with Gasteiger partial charge in [0.2, 0.25) is 0 Å². The van der Waals surface area contributed by atoms with Gasteiger partial charge in [0.15, 0.2) is 0 Å². The van der Waals surface area contributed by atoms with Gasteiger partial charge in [-0.15, -0.1) is 0 Å². The number of allylic oxidation sites excluding steroid dienone is 1. The van der Waals surface area contributed by atoms with Crippen molar-refractivity contribution in [3.05, 3.63) is 48.2 Å². The smallest absolute Gasteiger partial charge is 0.0853 e. The van der Waals surface area contributed by atoms with Crippen molar-refractivity contribution in [3.63, 3.8) is 0 Å². The van der Waals surface area contributed by atoms with Gasteiger partial charge >= 0.3 is 0 Å².